The standard InChI is InChI=1S/C17H26N6O/c1-2-7-21-8-3-15(4-9-21)20-17(24)23-12-10-22(11-13-23)16-14-18-5-6-19-16/h2,5-6,14-15H,1,3-4,7-13H2,(H,20,24). The molecule has 0 aliphatic carbocycles. The molecule has 2 aliphatic heterocycles. The fourth-order valence-corrected chi connectivity index (χ4v) is 3.30. The molecule has 0 unspecified atom stereocenters. The van der Waals surface area contributed by atoms with Crippen LogP contribution in [0.15, 0.2) is 31.2 Å². The van der Waals surface area contributed by atoms with E-state index < -0.39 is 0 Å². The van der Waals surface area contributed by atoms with Gasteiger partial charge in [-0.25, -0.2) is 9.78 Å². The van der Waals surface area contributed by atoms with Gasteiger partial charge in [-0.2, -0.15) is 0 Å². The zero-order valence-electron chi connectivity index (χ0n) is 14.1. The van der Waals surface area contributed by atoms with Crippen LogP contribution in [0.2, 0.25) is 0 Å². The average Bonchev–Trinajstić information content (AvgIpc) is 2.64. The second kappa shape index (κ2) is 8.10. The van der Waals surface area contributed by atoms with E-state index in [0.29, 0.717) is 0 Å². The van der Waals surface area contributed by atoms with Crippen molar-refractivity contribution >= 4 is 11.8 Å². The number of urea groups is 1. The van der Waals surface area contributed by atoms with Crippen molar-refractivity contribution in [3.63, 3.8) is 0 Å². The molecule has 0 radical (unpaired) electrons. The van der Waals surface area contributed by atoms with Crippen LogP contribution in [0.5, 0.6) is 0 Å². The fraction of sp³-hybridized carbons (Fsp3) is 0.588. The normalized spacial score (nSPS) is 20.0. The summed E-state index contributed by atoms with van der Waals surface area (Å²) < 4.78 is 0. The maximum atomic E-state index is 12.5. The van der Waals surface area contributed by atoms with E-state index in [1.807, 2.05) is 11.0 Å². The summed E-state index contributed by atoms with van der Waals surface area (Å²) in [4.78, 5) is 27.3. The van der Waals surface area contributed by atoms with Crippen molar-refractivity contribution in [2.75, 3.05) is 50.7 Å². The fourth-order valence-electron chi connectivity index (χ4n) is 3.30. The van der Waals surface area contributed by atoms with Crippen molar-refractivity contribution in [3.05, 3.63) is 31.2 Å². The molecule has 0 aromatic carbocycles. The van der Waals surface area contributed by atoms with Gasteiger partial charge in [0.05, 0.1) is 6.20 Å². The van der Waals surface area contributed by atoms with Gasteiger partial charge < -0.3 is 15.1 Å². The predicted octanol–water partition coefficient (Wildman–Crippen LogP) is 0.959. The minimum absolute atomic E-state index is 0.0657. The zero-order chi connectivity index (χ0) is 16.8. The quantitative estimate of drug-likeness (QED) is 0.833. The van der Waals surface area contributed by atoms with Crippen LogP contribution < -0.4 is 10.2 Å². The molecule has 7 heteroatoms. The van der Waals surface area contributed by atoms with Crippen LogP contribution in [-0.4, -0.2) is 77.7 Å². The van der Waals surface area contributed by atoms with E-state index in [1.165, 1.54) is 0 Å². The van der Waals surface area contributed by atoms with Gasteiger partial charge in [-0.15, -0.1) is 6.58 Å². The average molecular weight is 330 g/mol. The van der Waals surface area contributed by atoms with Crippen LogP contribution in [0.3, 0.4) is 0 Å². The largest absolute Gasteiger partial charge is 0.352 e. The molecule has 1 aromatic heterocycles. The topological polar surface area (TPSA) is 64.6 Å². The number of aromatic nitrogens is 2. The number of nitrogens with one attached hydrogen (secondary N) is 1. The number of nitrogens with zero attached hydrogens (tertiary/aromatic N) is 5. The number of hydrogen-bond donors (Lipinski definition) is 1. The third-order valence-corrected chi connectivity index (χ3v) is 4.74. The van der Waals surface area contributed by atoms with E-state index in [-0.39, 0.29) is 12.1 Å². The lowest BCUT2D eigenvalue weighted by molar-refractivity contribution is 0.174. The molecule has 3 rings (SSSR count). The number of carbonyl (C=O) groups excluding carboxylic acids is 1. The first-order chi connectivity index (χ1) is 11.8. The number of piperidine rings is 1. The van der Waals surface area contributed by atoms with Crippen molar-refractivity contribution < 1.29 is 4.79 Å². The van der Waals surface area contributed by atoms with Crippen molar-refractivity contribution in [3.8, 4) is 0 Å². The Balaban J connectivity index is 1.42. The first-order valence-corrected chi connectivity index (χ1v) is 8.66. The lowest BCUT2D eigenvalue weighted by Crippen LogP contribution is -2.55. The summed E-state index contributed by atoms with van der Waals surface area (Å²) in [5, 5.41) is 3.19. The summed E-state index contributed by atoms with van der Waals surface area (Å²) in [6, 6.07) is 0.354. The van der Waals surface area contributed by atoms with E-state index >= 15 is 0 Å². The number of anilines is 1. The highest BCUT2D eigenvalue weighted by molar-refractivity contribution is 5.74. The maximum Gasteiger partial charge on any atom is 0.317 e. The van der Waals surface area contributed by atoms with Gasteiger partial charge >= 0.3 is 6.03 Å². The molecule has 2 amide bonds. The molecule has 2 aliphatic rings. The Bertz CT molecular complexity index is 535. The Kier molecular flexibility index (Phi) is 5.63. The van der Waals surface area contributed by atoms with E-state index in [1.54, 1.807) is 18.6 Å². The van der Waals surface area contributed by atoms with Crippen molar-refractivity contribution in [2.24, 2.45) is 0 Å². The van der Waals surface area contributed by atoms with Crippen LogP contribution in [0.1, 0.15) is 12.8 Å². The van der Waals surface area contributed by atoms with Crippen LogP contribution >= 0.6 is 0 Å². The second-order valence-corrected chi connectivity index (χ2v) is 6.35. The van der Waals surface area contributed by atoms with E-state index in [0.717, 1.165) is 64.5 Å². The molecular formula is C17H26N6O. The predicted molar refractivity (Wildman–Crippen MR) is 94.0 cm³/mol. The SMILES string of the molecule is C=CCN1CCC(NC(=O)N2CCN(c3cnccn3)CC2)CC1. The highest BCUT2D eigenvalue weighted by Gasteiger charge is 2.25. The molecule has 1 N–H and O–H groups in total. The highest BCUT2D eigenvalue weighted by Crippen LogP contribution is 2.13. The minimum Gasteiger partial charge on any atom is -0.352 e. The first kappa shape index (κ1) is 16.7. The Morgan fingerprint density at radius 1 is 1.21 bits per heavy atom. The number of hydrogen-bond acceptors (Lipinski definition) is 5. The summed E-state index contributed by atoms with van der Waals surface area (Å²) in [6.45, 7) is 9.80. The summed E-state index contributed by atoms with van der Waals surface area (Å²) in [5.41, 5.74) is 0. The molecule has 3 heterocycles. The highest BCUT2D eigenvalue weighted by atomic mass is 16.2. The molecule has 2 saturated heterocycles. The Hall–Kier alpha value is -2.15. The maximum absolute atomic E-state index is 12.5. The molecule has 7 nitrogen and oxygen atoms in total. The monoisotopic (exact) mass is 330 g/mol. The number of carbonyl (C=O) groups is 1. The van der Waals surface area contributed by atoms with Crippen LogP contribution in [0.25, 0.3) is 0 Å². The molecule has 24 heavy (non-hydrogen) atoms. The van der Waals surface area contributed by atoms with Crippen molar-refractivity contribution in [1.29, 1.82) is 0 Å². The molecule has 1 aromatic rings. The number of rotatable bonds is 4. The van der Waals surface area contributed by atoms with Gasteiger partial charge in [0.2, 0.25) is 0 Å². The smallest absolute Gasteiger partial charge is 0.317 e. The molecule has 2 fully saturated rings. The summed E-state index contributed by atoms with van der Waals surface area (Å²) in [7, 11) is 0. The third-order valence-electron chi connectivity index (χ3n) is 4.74. The van der Waals surface area contributed by atoms with Gasteiger partial charge in [0.15, 0.2) is 0 Å². The van der Waals surface area contributed by atoms with Crippen molar-refractivity contribution in [1.82, 2.24) is 25.1 Å². The zero-order valence-corrected chi connectivity index (χ0v) is 14.1. The minimum atomic E-state index is 0.0657. The lowest BCUT2D eigenvalue weighted by atomic mass is 10.1. The number of piperazine rings is 1. The number of likely N-dealkylation sites (tertiary alicyclic amines) is 1. The summed E-state index contributed by atoms with van der Waals surface area (Å²) >= 11 is 0. The van der Waals surface area contributed by atoms with Crippen LogP contribution in [0.4, 0.5) is 10.6 Å². The van der Waals surface area contributed by atoms with Gasteiger partial charge in [-0.1, -0.05) is 6.08 Å². The lowest BCUT2D eigenvalue weighted by Gasteiger charge is -2.37. The van der Waals surface area contributed by atoms with Gasteiger partial charge in [0.1, 0.15) is 5.82 Å². The third kappa shape index (κ3) is 4.23. The molecular weight excluding hydrogens is 304 g/mol. The number of amides is 2. The van der Waals surface area contributed by atoms with E-state index in [4.69, 9.17) is 0 Å². The molecule has 0 bridgehead atoms. The Labute approximate surface area is 143 Å². The van der Waals surface area contributed by atoms with Gasteiger partial charge in [0.25, 0.3) is 0 Å². The second-order valence-electron chi connectivity index (χ2n) is 6.35. The van der Waals surface area contributed by atoms with Crippen molar-refractivity contribution in [2.45, 2.75) is 18.9 Å². The first-order valence-electron chi connectivity index (χ1n) is 8.66. The van der Waals surface area contributed by atoms with Gasteiger partial charge in [0, 0.05) is 64.2 Å². The molecule has 0 spiro atoms. The van der Waals surface area contributed by atoms with Gasteiger partial charge in [-0.05, 0) is 12.8 Å². The molecule has 0 atom stereocenters. The van der Waals surface area contributed by atoms with Crippen LogP contribution in [0, 0.1) is 0 Å². The van der Waals surface area contributed by atoms with E-state index in [9.17, 15) is 4.79 Å². The Morgan fingerprint density at radius 2 is 1.96 bits per heavy atom. The molecule has 0 saturated carbocycles. The van der Waals surface area contributed by atoms with Crippen LogP contribution in [-0.2, 0) is 0 Å². The van der Waals surface area contributed by atoms with E-state index in [2.05, 4.69) is 31.7 Å². The molecule has 130 valence electrons. The summed E-state index contributed by atoms with van der Waals surface area (Å²) in [6.07, 6.45) is 9.11. The Morgan fingerprint density at radius 3 is 2.58 bits per heavy atom. The van der Waals surface area contributed by atoms with Gasteiger partial charge in [-0.3, -0.25) is 9.88 Å². The summed E-state index contributed by atoms with van der Waals surface area (Å²) in [5.74, 6) is 0.882.